The summed E-state index contributed by atoms with van der Waals surface area (Å²) >= 11 is 0. The molecule has 0 spiro atoms. The van der Waals surface area contributed by atoms with Crippen LogP contribution >= 0.6 is 0 Å². The van der Waals surface area contributed by atoms with Gasteiger partial charge in [-0.05, 0) is 30.3 Å². The second kappa shape index (κ2) is 6.04. The third-order valence-corrected chi connectivity index (χ3v) is 3.86. The molecule has 5 heteroatoms. The second-order valence-corrected chi connectivity index (χ2v) is 5.44. The molecule has 0 saturated heterocycles. The van der Waals surface area contributed by atoms with Gasteiger partial charge in [-0.15, -0.1) is 0 Å². The molecule has 24 heavy (non-hydrogen) atoms. The van der Waals surface area contributed by atoms with Crippen LogP contribution < -0.4 is 5.32 Å². The van der Waals surface area contributed by atoms with E-state index in [1.807, 2.05) is 54.6 Å². The molecule has 2 N–H and O–H groups in total. The molecule has 0 unspecified atom stereocenters. The number of carbonyl (C=O) groups is 1. The zero-order valence-electron chi connectivity index (χ0n) is 12.8. The normalized spacial score (nSPS) is 10.8. The van der Waals surface area contributed by atoms with Gasteiger partial charge in [-0.1, -0.05) is 24.3 Å². The summed E-state index contributed by atoms with van der Waals surface area (Å²) in [4.78, 5) is 19.9. The van der Waals surface area contributed by atoms with Gasteiger partial charge in [-0.2, -0.15) is 0 Å². The van der Waals surface area contributed by atoms with E-state index in [4.69, 9.17) is 4.42 Å². The topological polar surface area (TPSA) is 70.9 Å². The van der Waals surface area contributed by atoms with Crippen LogP contribution in [0.15, 0.2) is 71.5 Å². The number of para-hydroxylation sites is 1. The molecule has 0 aliphatic rings. The summed E-state index contributed by atoms with van der Waals surface area (Å²) in [6, 6.07) is 17.1. The standard InChI is InChI=1S/C19H15N3O2/c23-19(16-11-13-5-1-2-7-15(13)22-16)21-12-14-6-3-9-20-18(14)17-8-4-10-24-17/h1-11,22H,12H2,(H,21,23). The first-order chi connectivity index (χ1) is 11.8. The van der Waals surface area contributed by atoms with E-state index in [2.05, 4.69) is 15.3 Å². The number of nitrogens with zero attached hydrogens (tertiary/aromatic N) is 1. The maximum atomic E-state index is 12.4. The summed E-state index contributed by atoms with van der Waals surface area (Å²) in [5.41, 5.74) is 3.12. The lowest BCUT2D eigenvalue weighted by Crippen LogP contribution is -2.23. The van der Waals surface area contributed by atoms with Crippen LogP contribution in [0, 0.1) is 0 Å². The maximum Gasteiger partial charge on any atom is 0.267 e. The summed E-state index contributed by atoms with van der Waals surface area (Å²) in [5.74, 6) is 0.533. The Balaban J connectivity index is 1.54. The number of benzene rings is 1. The van der Waals surface area contributed by atoms with Crippen LogP contribution in [0.25, 0.3) is 22.4 Å². The molecule has 0 bridgehead atoms. The van der Waals surface area contributed by atoms with Crippen molar-refractivity contribution in [1.29, 1.82) is 0 Å². The third-order valence-electron chi connectivity index (χ3n) is 3.86. The molecule has 4 rings (SSSR count). The Hall–Kier alpha value is -3.34. The molecule has 0 atom stereocenters. The van der Waals surface area contributed by atoms with Crippen molar-refractivity contribution in [3.63, 3.8) is 0 Å². The van der Waals surface area contributed by atoms with Crippen LogP contribution in [0.1, 0.15) is 16.1 Å². The summed E-state index contributed by atoms with van der Waals surface area (Å²) in [6.45, 7) is 0.373. The van der Waals surface area contributed by atoms with Crippen molar-refractivity contribution < 1.29 is 9.21 Å². The quantitative estimate of drug-likeness (QED) is 0.602. The zero-order chi connectivity index (χ0) is 16.4. The lowest BCUT2D eigenvalue weighted by atomic mass is 10.1. The minimum atomic E-state index is -0.152. The molecule has 4 aromatic rings. The molecule has 1 amide bonds. The summed E-state index contributed by atoms with van der Waals surface area (Å²) < 4.78 is 5.41. The highest BCUT2D eigenvalue weighted by Crippen LogP contribution is 2.21. The third kappa shape index (κ3) is 2.67. The molecular formula is C19H15N3O2. The van der Waals surface area contributed by atoms with E-state index >= 15 is 0 Å². The molecule has 3 aromatic heterocycles. The van der Waals surface area contributed by atoms with Crippen molar-refractivity contribution in [2.75, 3.05) is 0 Å². The summed E-state index contributed by atoms with van der Waals surface area (Å²) in [5, 5.41) is 3.94. The predicted octanol–water partition coefficient (Wildman–Crippen LogP) is 3.75. The van der Waals surface area contributed by atoms with Crippen molar-refractivity contribution in [3.05, 3.63) is 78.3 Å². The van der Waals surface area contributed by atoms with Crippen molar-refractivity contribution in [2.24, 2.45) is 0 Å². The van der Waals surface area contributed by atoms with E-state index in [1.165, 1.54) is 0 Å². The number of furan rings is 1. The highest BCUT2D eigenvalue weighted by atomic mass is 16.3. The van der Waals surface area contributed by atoms with Crippen LogP contribution in [0.5, 0.6) is 0 Å². The molecule has 3 heterocycles. The Morgan fingerprint density at radius 3 is 2.88 bits per heavy atom. The number of hydrogen-bond donors (Lipinski definition) is 2. The number of carbonyl (C=O) groups excluding carboxylic acids is 1. The first-order valence-electron chi connectivity index (χ1n) is 7.65. The van der Waals surface area contributed by atoms with E-state index in [9.17, 15) is 4.79 Å². The summed E-state index contributed by atoms with van der Waals surface area (Å²) in [7, 11) is 0. The molecule has 5 nitrogen and oxygen atoms in total. The fourth-order valence-corrected chi connectivity index (χ4v) is 2.68. The van der Waals surface area contributed by atoms with E-state index in [0.717, 1.165) is 22.2 Å². The SMILES string of the molecule is O=C(NCc1cccnc1-c1ccco1)c1cc2ccccc2[nH]1. The molecule has 0 aliphatic carbocycles. The lowest BCUT2D eigenvalue weighted by molar-refractivity contribution is 0.0947. The zero-order valence-corrected chi connectivity index (χ0v) is 12.8. The van der Waals surface area contributed by atoms with Gasteiger partial charge in [0.05, 0.1) is 6.26 Å². The number of fused-ring (bicyclic) bond motifs is 1. The number of aromatic amines is 1. The van der Waals surface area contributed by atoms with Crippen LogP contribution in [0.3, 0.4) is 0 Å². The van der Waals surface area contributed by atoms with Gasteiger partial charge in [0.2, 0.25) is 0 Å². The molecule has 1 aromatic carbocycles. The van der Waals surface area contributed by atoms with Gasteiger partial charge < -0.3 is 14.7 Å². The Morgan fingerprint density at radius 1 is 1.12 bits per heavy atom. The molecular weight excluding hydrogens is 302 g/mol. The minimum absolute atomic E-state index is 0.152. The van der Waals surface area contributed by atoms with Crippen molar-refractivity contribution >= 4 is 16.8 Å². The first-order valence-corrected chi connectivity index (χ1v) is 7.65. The predicted molar refractivity (Wildman–Crippen MR) is 91.4 cm³/mol. The number of aromatic nitrogens is 2. The number of hydrogen-bond acceptors (Lipinski definition) is 3. The van der Waals surface area contributed by atoms with Gasteiger partial charge in [0.1, 0.15) is 11.4 Å². The van der Waals surface area contributed by atoms with E-state index in [0.29, 0.717) is 18.0 Å². The lowest BCUT2D eigenvalue weighted by Gasteiger charge is -2.07. The number of pyridine rings is 1. The van der Waals surface area contributed by atoms with Gasteiger partial charge in [0, 0.05) is 29.2 Å². The van der Waals surface area contributed by atoms with Crippen molar-refractivity contribution in [3.8, 4) is 11.5 Å². The second-order valence-electron chi connectivity index (χ2n) is 5.44. The molecule has 0 saturated carbocycles. The fourth-order valence-electron chi connectivity index (χ4n) is 2.68. The average molecular weight is 317 g/mol. The molecule has 0 aliphatic heterocycles. The van der Waals surface area contributed by atoms with Crippen molar-refractivity contribution in [1.82, 2.24) is 15.3 Å². The van der Waals surface area contributed by atoms with Crippen LogP contribution in [-0.4, -0.2) is 15.9 Å². The highest BCUT2D eigenvalue weighted by molar-refractivity contribution is 5.98. The van der Waals surface area contributed by atoms with Gasteiger partial charge in [-0.25, -0.2) is 0 Å². The smallest absolute Gasteiger partial charge is 0.267 e. The fraction of sp³-hybridized carbons (Fsp3) is 0.0526. The van der Waals surface area contributed by atoms with Crippen LogP contribution in [-0.2, 0) is 6.54 Å². The first kappa shape index (κ1) is 14.3. The maximum absolute atomic E-state index is 12.4. The average Bonchev–Trinajstić information content (AvgIpc) is 3.29. The number of nitrogens with one attached hydrogen (secondary N) is 2. The summed E-state index contributed by atoms with van der Waals surface area (Å²) in [6.07, 6.45) is 3.32. The van der Waals surface area contributed by atoms with Gasteiger partial charge >= 0.3 is 0 Å². The monoisotopic (exact) mass is 317 g/mol. The van der Waals surface area contributed by atoms with Crippen LogP contribution in [0.2, 0.25) is 0 Å². The Bertz CT molecular complexity index is 954. The van der Waals surface area contributed by atoms with Gasteiger partial charge in [-0.3, -0.25) is 9.78 Å². The number of rotatable bonds is 4. The van der Waals surface area contributed by atoms with Crippen LogP contribution in [0.4, 0.5) is 0 Å². The number of H-pyrrole nitrogens is 1. The van der Waals surface area contributed by atoms with Crippen molar-refractivity contribution in [2.45, 2.75) is 6.54 Å². The molecule has 118 valence electrons. The molecule has 0 fully saturated rings. The Kier molecular flexibility index (Phi) is 3.59. The van der Waals surface area contributed by atoms with E-state index in [-0.39, 0.29) is 5.91 Å². The largest absolute Gasteiger partial charge is 0.463 e. The highest BCUT2D eigenvalue weighted by Gasteiger charge is 2.12. The minimum Gasteiger partial charge on any atom is -0.463 e. The number of amides is 1. The van der Waals surface area contributed by atoms with Gasteiger partial charge in [0.25, 0.3) is 5.91 Å². The van der Waals surface area contributed by atoms with E-state index in [1.54, 1.807) is 12.5 Å². The Morgan fingerprint density at radius 2 is 2.04 bits per heavy atom. The van der Waals surface area contributed by atoms with Gasteiger partial charge in [0.15, 0.2) is 5.76 Å². The Labute approximate surface area is 138 Å². The molecule has 0 radical (unpaired) electrons. The van der Waals surface area contributed by atoms with E-state index < -0.39 is 0 Å².